The van der Waals surface area contributed by atoms with Crippen molar-refractivity contribution in [1.82, 2.24) is 0 Å². The van der Waals surface area contributed by atoms with Crippen LogP contribution in [0.5, 0.6) is 11.5 Å². The van der Waals surface area contributed by atoms with Gasteiger partial charge in [0.05, 0.1) is 0 Å². The number of rotatable bonds is 3. The van der Waals surface area contributed by atoms with Crippen LogP contribution >= 0.6 is 0 Å². The highest BCUT2D eigenvalue weighted by Crippen LogP contribution is 2.27. The summed E-state index contributed by atoms with van der Waals surface area (Å²) in [6.45, 7) is 1.76. The third kappa shape index (κ3) is 2.65. The third-order valence-corrected chi connectivity index (χ3v) is 2.54. The van der Waals surface area contributed by atoms with Crippen molar-refractivity contribution in [2.45, 2.75) is 13.0 Å². The molecule has 4 heteroatoms. The third-order valence-electron chi connectivity index (χ3n) is 2.54. The first-order valence-corrected chi connectivity index (χ1v) is 5.55. The highest BCUT2D eigenvalue weighted by molar-refractivity contribution is 5.35. The van der Waals surface area contributed by atoms with E-state index in [1.54, 1.807) is 19.1 Å². The summed E-state index contributed by atoms with van der Waals surface area (Å²) in [6.07, 6.45) is 0. The van der Waals surface area contributed by atoms with Crippen molar-refractivity contribution >= 4 is 0 Å². The summed E-state index contributed by atoms with van der Waals surface area (Å²) < 4.78 is 32.3. The molecule has 0 unspecified atom stereocenters. The number of ether oxygens (including phenoxy) is 1. The lowest BCUT2D eigenvalue weighted by Gasteiger charge is -2.10. The molecule has 2 aromatic carbocycles. The van der Waals surface area contributed by atoms with Crippen LogP contribution in [0.1, 0.15) is 18.5 Å². The van der Waals surface area contributed by atoms with Gasteiger partial charge >= 0.3 is 0 Å². The van der Waals surface area contributed by atoms with E-state index in [-0.39, 0.29) is 17.5 Å². The van der Waals surface area contributed by atoms with Gasteiger partial charge in [-0.2, -0.15) is 0 Å². The fourth-order valence-electron chi connectivity index (χ4n) is 1.53. The van der Waals surface area contributed by atoms with Crippen molar-refractivity contribution in [2.75, 3.05) is 0 Å². The second-order valence-electron chi connectivity index (χ2n) is 4.01. The second-order valence-corrected chi connectivity index (χ2v) is 4.01. The zero-order valence-electron chi connectivity index (χ0n) is 9.86. The van der Waals surface area contributed by atoms with Gasteiger partial charge in [-0.25, -0.2) is 8.78 Å². The molecular formula is C14H13F2NO. The molecule has 2 rings (SSSR count). The molecule has 94 valence electrons. The fraction of sp³-hybridized carbons (Fsp3) is 0.143. The quantitative estimate of drug-likeness (QED) is 0.898. The number of benzene rings is 2. The topological polar surface area (TPSA) is 35.2 Å². The first-order valence-electron chi connectivity index (χ1n) is 5.55. The summed E-state index contributed by atoms with van der Waals surface area (Å²) >= 11 is 0. The monoisotopic (exact) mass is 249 g/mol. The van der Waals surface area contributed by atoms with Crippen molar-refractivity contribution in [3.05, 3.63) is 59.7 Å². The highest BCUT2D eigenvalue weighted by Gasteiger charge is 2.10. The van der Waals surface area contributed by atoms with Gasteiger partial charge in [0.1, 0.15) is 0 Å². The molecule has 0 amide bonds. The lowest BCUT2D eigenvalue weighted by atomic mass is 10.1. The number of hydrogen-bond acceptors (Lipinski definition) is 2. The molecule has 0 bridgehead atoms. The predicted molar refractivity (Wildman–Crippen MR) is 65.5 cm³/mol. The molecule has 0 saturated heterocycles. The van der Waals surface area contributed by atoms with Crippen LogP contribution in [0.3, 0.4) is 0 Å². The maximum absolute atomic E-state index is 13.7. The molecule has 18 heavy (non-hydrogen) atoms. The Morgan fingerprint density at radius 3 is 2.28 bits per heavy atom. The Balaban J connectivity index is 2.28. The predicted octanol–water partition coefficient (Wildman–Crippen LogP) is 3.78. The van der Waals surface area contributed by atoms with E-state index in [2.05, 4.69) is 0 Å². The molecule has 1 atom stereocenters. The van der Waals surface area contributed by atoms with Crippen LogP contribution in [0, 0.1) is 11.6 Å². The average Bonchev–Trinajstić information content (AvgIpc) is 2.34. The lowest BCUT2D eigenvalue weighted by Crippen LogP contribution is -2.05. The number of halogens is 2. The van der Waals surface area contributed by atoms with Crippen LogP contribution in [0.2, 0.25) is 0 Å². The van der Waals surface area contributed by atoms with Gasteiger partial charge in [-0.3, -0.25) is 0 Å². The molecule has 0 aliphatic rings. The number of para-hydroxylation sites is 1. The number of nitrogens with two attached hydrogens (primary N) is 1. The molecule has 0 aliphatic carbocycles. The van der Waals surface area contributed by atoms with Gasteiger partial charge in [-0.15, -0.1) is 0 Å². The van der Waals surface area contributed by atoms with E-state index in [0.717, 1.165) is 0 Å². The van der Waals surface area contributed by atoms with Gasteiger partial charge in [0, 0.05) is 6.04 Å². The Kier molecular flexibility index (Phi) is 3.58. The number of hydrogen-bond donors (Lipinski definition) is 1. The molecule has 0 saturated carbocycles. The summed E-state index contributed by atoms with van der Waals surface area (Å²) in [4.78, 5) is 0. The maximum Gasteiger partial charge on any atom is 0.166 e. The lowest BCUT2D eigenvalue weighted by molar-refractivity contribution is 0.414. The van der Waals surface area contributed by atoms with Gasteiger partial charge in [-0.05, 0) is 36.8 Å². The second kappa shape index (κ2) is 5.14. The minimum absolute atomic E-state index is 0.00931. The van der Waals surface area contributed by atoms with E-state index >= 15 is 0 Å². The van der Waals surface area contributed by atoms with Crippen molar-refractivity contribution in [2.24, 2.45) is 5.73 Å². The average molecular weight is 249 g/mol. The summed E-state index contributed by atoms with van der Waals surface area (Å²) in [5.41, 5.74) is 6.30. The van der Waals surface area contributed by atoms with Gasteiger partial charge in [0.2, 0.25) is 0 Å². The van der Waals surface area contributed by atoms with Crippen LogP contribution in [-0.4, -0.2) is 0 Å². The van der Waals surface area contributed by atoms with Crippen LogP contribution in [0.4, 0.5) is 8.78 Å². The van der Waals surface area contributed by atoms with Crippen LogP contribution in [-0.2, 0) is 0 Å². The Bertz CT molecular complexity index is 555. The van der Waals surface area contributed by atoms with Crippen molar-refractivity contribution in [3.63, 3.8) is 0 Å². The minimum Gasteiger partial charge on any atom is -0.451 e. The van der Waals surface area contributed by atoms with Crippen LogP contribution in [0.25, 0.3) is 0 Å². The molecule has 2 N–H and O–H groups in total. The Labute approximate surface area is 104 Å². The SMILES string of the molecule is C[C@@H](N)c1ccc(Oc2ccccc2F)c(F)c1. The normalized spacial score (nSPS) is 12.2. The van der Waals surface area contributed by atoms with E-state index < -0.39 is 11.6 Å². The summed E-state index contributed by atoms with van der Waals surface area (Å²) in [5.74, 6) is -1.13. The highest BCUT2D eigenvalue weighted by atomic mass is 19.1. The van der Waals surface area contributed by atoms with E-state index in [0.29, 0.717) is 5.56 Å². The zero-order chi connectivity index (χ0) is 13.1. The Morgan fingerprint density at radius 1 is 1.00 bits per heavy atom. The van der Waals surface area contributed by atoms with Gasteiger partial charge in [0.15, 0.2) is 23.1 Å². The first kappa shape index (κ1) is 12.5. The molecule has 0 spiro atoms. The molecule has 0 fully saturated rings. The smallest absolute Gasteiger partial charge is 0.166 e. The molecule has 0 aliphatic heterocycles. The summed E-state index contributed by atoms with van der Waals surface area (Å²) in [6, 6.07) is 9.98. The zero-order valence-corrected chi connectivity index (χ0v) is 9.86. The Hall–Kier alpha value is -1.94. The van der Waals surface area contributed by atoms with Crippen molar-refractivity contribution in [3.8, 4) is 11.5 Å². The molecule has 0 aromatic heterocycles. The molecule has 2 nitrogen and oxygen atoms in total. The van der Waals surface area contributed by atoms with Crippen LogP contribution in [0.15, 0.2) is 42.5 Å². The molecule has 0 heterocycles. The van der Waals surface area contributed by atoms with E-state index in [1.807, 2.05) is 0 Å². The first-order chi connectivity index (χ1) is 8.58. The van der Waals surface area contributed by atoms with Crippen LogP contribution < -0.4 is 10.5 Å². The maximum atomic E-state index is 13.7. The summed E-state index contributed by atoms with van der Waals surface area (Å²) in [5, 5.41) is 0. The molecule has 0 radical (unpaired) electrons. The van der Waals surface area contributed by atoms with E-state index in [1.165, 1.54) is 30.3 Å². The van der Waals surface area contributed by atoms with Gasteiger partial charge in [-0.1, -0.05) is 18.2 Å². The summed E-state index contributed by atoms with van der Waals surface area (Å²) in [7, 11) is 0. The van der Waals surface area contributed by atoms with E-state index in [9.17, 15) is 8.78 Å². The largest absolute Gasteiger partial charge is 0.451 e. The van der Waals surface area contributed by atoms with E-state index in [4.69, 9.17) is 10.5 Å². The molecular weight excluding hydrogens is 236 g/mol. The van der Waals surface area contributed by atoms with Crippen molar-refractivity contribution in [1.29, 1.82) is 0 Å². The fourth-order valence-corrected chi connectivity index (χ4v) is 1.53. The van der Waals surface area contributed by atoms with Gasteiger partial charge in [0.25, 0.3) is 0 Å². The minimum atomic E-state index is -0.562. The molecule has 2 aromatic rings. The standard InChI is InChI=1S/C14H13F2NO/c1-9(17)10-6-7-14(12(16)8-10)18-13-5-3-2-4-11(13)15/h2-9H,17H2,1H3/t9-/m1/s1. The van der Waals surface area contributed by atoms with Crippen molar-refractivity contribution < 1.29 is 13.5 Å². The Morgan fingerprint density at radius 2 is 1.67 bits per heavy atom. The van der Waals surface area contributed by atoms with Gasteiger partial charge < -0.3 is 10.5 Å².